The number of carbonyl (C=O) groups is 2. The molecule has 1 atom stereocenters. The van der Waals surface area contributed by atoms with Gasteiger partial charge in [-0.05, 0) is 67.3 Å². The van der Waals surface area contributed by atoms with Crippen LogP contribution < -0.4 is 14.4 Å². The van der Waals surface area contributed by atoms with Crippen LogP contribution in [0.5, 0.6) is 5.75 Å². The summed E-state index contributed by atoms with van der Waals surface area (Å²) in [6, 6.07) is 21.4. The van der Waals surface area contributed by atoms with Crippen molar-refractivity contribution in [1.82, 2.24) is 10.2 Å². The minimum Gasteiger partial charge on any atom is -0.497 e. The minimum atomic E-state index is -4.11. The first-order valence-electron chi connectivity index (χ1n) is 13.6. The lowest BCUT2D eigenvalue weighted by molar-refractivity contribution is -0.140. The SMILES string of the molecule is CCCCNC(=O)[C@@H](CC)N(Cc1ccccc1C)C(=O)CN(c1ccc(OC)cc1)S(=O)(=O)c1ccccc1. The number of hydrogen-bond donors (Lipinski definition) is 1. The normalized spacial score (nSPS) is 11.9. The van der Waals surface area contributed by atoms with Crippen LogP contribution in [-0.4, -0.2) is 51.4 Å². The third-order valence-electron chi connectivity index (χ3n) is 6.79. The number of unbranched alkanes of at least 4 members (excludes halogenated alkanes) is 1. The van der Waals surface area contributed by atoms with Crippen LogP contribution in [0, 0.1) is 6.92 Å². The van der Waals surface area contributed by atoms with Gasteiger partial charge in [-0.25, -0.2) is 8.42 Å². The summed E-state index contributed by atoms with van der Waals surface area (Å²) in [5, 5.41) is 2.95. The largest absolute Gasteiger partial charge is 0.497 e. The molecule has 40 heavy (non-hydrogen) atoms. The molecule has 0 saturated carbocycles. The van der Waals surface area contributed by atoms with Crippen LogP contribution in [0.15, 0.2) is 83.8 Å². The first kappa shape index (κ1) is 30.7. The van der Waals surface area contributed by atoms with Gasteiger partial charge in [0.25, 0.3) is 10.0 Å². The van der Waals surface area contributed by atoms with E-state index in [0.717, 1.165) is 28.3 Å². The Labute approximate surface area is 238 Å². The fourth-order valence-electron chi connectivity index (χ4n) is 4.39. The molecule has 0 heterocycles. The molecule has 3 rings (SSSR count). The van der Waals surface area contributed by atoms with Gasteiger partial charge in [0.05, 0.1) is 17.7 Å². The molecule has 0 bridgehead atoms. The third-order valence-corrected chi connectivity index (χ3v) is 8.58. The van der Waals surface area contributed by atoms with Gasteiger partial charge in [-0.3, -0.25) is 13.9 Å². The average molecular weight is 566 g/mol. The van der Waals surface area contributed by atoms with Crippen molar-refractivity contribution in [2.75, 3.05) is 24.5 Å². The van der Waals surface area contributed by atoms with Crippen LogP contribution in [0.4, 0.5) is 5.69 Å². The van der Waals surface area contributed by atoms with Gasteiger partial charge < -0.3 is 15.0 Å². The van der Waals surface area contributed by atoms with E-state index in [0.29, 0.717) is 24.4 Å². The summed E-state index contributed by atoms with van der Waals surface area (Å²) < 4.78 is 34.0. The second-order valence-corrected chi connectivity index (χ2v) is 11.4. The van der Waals surface area contributed by atoms with Crippen molar-refractivity contribution in [2.45, 2.75) is 57.5 Å². The Balaban J connectivity index is 2.03. The number of rotatable bonds is 14. The highest BCUT2D eigenvalue weighted by molar-refractivity contribution is 7.92. The summed E-state index contributed by atoms with van der Waals surface area (Å²) in [5.41, 5.74) is 2.18. The zero-order chi connectivity index (χ0) is 29.1. The molecule has 2 amide bonds. The minimum absolute atomic E-state index is 0.0634. The first-order valence-corrected chi connectivity index (χ1v) is 15.0. The number of sulfonamides is 1. The molecule has 1 N–H and O–H groups in total. The van der Waals surface area contributed by atoms with E-state index in [9.17, 15) is 18.0 Å². The lowest BCUT2D eigenvalue weighted by Crippen LogP contribution is -2.52. The Kier molecular flexibility index (Phi) is 11.1. The van der Waals surface area contributed by atoms with Crippen LogP contribution in [-0.2, 0) is 26.2 Å². The topological polar surface area (TPSA) is 96.0 Å². The summed E-state index contributed by atoms with van der Waals surface area (Å²) in [5.74, 6) is -0.168. The van der Waals surface area contributed by atoms with E-state index in [2.05, 4.69) is 5.32 Å². The monoisotopic (exact) mass is 565 g/mol. The number of hydrogen-bond acceptors (Lipinski definition) is 5. The van der Waals surface area contributed by atoms with Gasteiger partial charge in [0.15, 0.2) is 0 Å². The Bertz CT molecular complexity index is 1360. The number of aryl methyl sites for hydroxylation is 1. The van der Waals surface area contributed by atoms with Crippen molar-refractivity contribution < 1.29 is 22.7 Å². The van der Waals surface area contributed by atoms with Crippen LogP contribution in [0.2, 0.25) is 0 Å². The second kappa shape index (κ2) is 14.5. The predicted molar refractivity (Wildman–Crippen MR) is 158 cm³/mol. The van der Waals surface area contributed by atoms with Gasteiger partial charge >= 0.3 is 0 Å². The molecule has 0 aromatic heterocycles. The molecule has 0 spiro atoms. The van der Waals surface area contributed by atoms with Crippen LogP contribution >= 0.6 is 0 Å². The number of ether oxygens (including phenoxy) is 1. The Morgan fingerprint density at radius 3 is 2.17 bits per heavy atom. The van der Waals surface area contributed by atoms with Gasteiger partial charge in [0.2, 0.25) is 11.8 Å². The molecule has 9 heteroatoms. The molecule has 0 aliphatic rings. The lowest BCUT2D eigenvalue weighted by Gasteiger charge is -2.33. The molecule has 3 aromatic rings. The maximum atomic E-state index is 14.1. The molecule has 0 fully saturated rings. The highest BCUT2D eigenvalue weighted by Crippen LogP contribution is 2.27. The van der Waals surface area contributed by atoms with E-state index in [1.807, 2.05) is 45.0 Å². The van der Waals surface area contributed by atoms with E-state index >= 15 is 0 Å². The Morgan fingerprint density at radius 2 is 1.57 bits per heavy atom. The highest BCUT2D eigenvalue weighted by atomic mass is 32.2. The number of carbonyl (C=O) groups excluding carboxylic acids is 2. The van der Waals surface area contributed by atoms with E-state index in [1.54, 1.807) is 42.5 Å². The van der Waals surface area contributed by atoms with Crippen molar-refractivity contribution in [2.24, 2.45) is 0 Å². The zero-order valence-corrected chi connectivity index (χ0v) is 24.5. The van der Waals surface area contributed by atoms with Crippen LogP contribution in [0.1, 0.15) is 44.2 Å². The van der Waals surface area contributed by atoms with E-state index in [4.69, 9.17) is 4.74 Å². The fraction of sp³-hybridized carbons (Fsp3) is 0.355. The van der Waals surface area contributed by atoms with E-state index < -0.39 is 28.5 Å². The molecule has 0 radical (unpaired) electrons. The molecule has 0 unspecified atom stereocenters. The zero-order valence-electron chi connectivity index (χ0n) is 23.7. The fourth-order valence-corrected chi connectivity index (χ4v) is 5.83. The molecule has 3 aromatic carbocycles. The molecule has 214 valence electrons. The van der Waals surface area contributed by atoms with Gasteiger partial charge in [-0.15, -0.1) is 0 Å². The van der Waals surface area contributed by atoms with Gasteiger partial charge in [-0.2, -0.15) is 0 Å². The molecular formula is C31H39N3O5S. The Hall–Kier alpha value is -3.85. The van der Waals surface area contributed by atoms with Crippen molar-refractivity contribution in [3.8, 4) is 5.75 Å². The number of nitrogens with zero attached hydrogens (tertiary/aromatic N) is 2. The molecule has 0 aliphatic heterocycles. The lowest BCUT2D eigenvalue weighted by atomic mass is 10.1. The number of methoxy groups -OCH3 is 1. The van der Waals surface area contributed by atoms with Crippen LogP contribution in [0.3, 0.4) is 0 Å². The van der Waals surface area contributed by atoms with Crippen LogP contribution in [0.25, 0.3) is 0 Å². The summed E-state index contributed by atoms with van der Waals surface area (Å²) in [4.78, 5) is 28.9. The number of nitrogens with one attached hydrogen (secondary N) is 1. The quantitative estimate of drug-likeness (QED) is 0.280. The highest BCUT2D eigenvalue weighted by Gasteiger charge is 2.33. The first-order chi connectivity index (χ1) is 19.2. The molecule has 0 saturated heterocycles. The summed E-state index contributed by atoms with van der Waals surface area (Å²) >= 11 is 0. The maximum Gasteiger partial charge on any atom is 0.264 e. The van der Waals surface area contributed by atoms with Crippen molar-refractivity contribution in [3.63, 3.8) is 0 Å². The smallest absolute Gasteiger partial charge is 0.264 e. The van der Waals surface area contributed by atoms with Crippen molar-refractivity contribution in [3.05, 3.63) is 90.0 Å². The number of anilines is 1. The Morgan fingerprint density at radius 1 is 0.925 bits per heavy atom. The predicted octanol–water partition coefficient (Wildman–Crippen LogP) is 4.92. The van der Waals surface area contributed by atoms with Crippen molar-refractivity contribution >= 4 is 27.5 Å². The molecule has 8 nitrogen and oxygen atoms in total. The molecule has 0 aliphatic carbocycles. The van der Waals surface area contributed by atoms with E-state index in [1.165, 1.54) is 24.1 Å². The molecular weight excluding hydrogens is 526 g/mol. The summed E-state index contributed by atoms with van der Waals surface area (Å²) in [6.07, 6.45) is 2.13. The third kappa shape index (κ3) is 7.63. The van der Waals surface area contributed by atoms with Crippen molar-refractivity contribution in [1.29, 1.82) is 0 Å². The number of amides is 2. The maximum absolute atomic E-state index is 14.1. The second-order valence-electron chi connectivity index (χ2n) is 9.54. The van der Waals surface area contributed by atoms with Gasteiger partial charge in [0, 0.05) is 13.1 Å². The summed E-state index contributed by atoms with van der Waals surface area (Å²) in [6.45, 7) is 6.05. The van der Waals surface area contributed by atoms with Gasteiger partial charge in [-0.1, -0.05) is 62.7 Å². The van der Waals surface area contributed by atoms with E-state index in [-0.39, 0.29) is 17.3 Å². The summed E-state index contributed by atoms with van der Waals surface area (Å²) in [7, 11) is -2.58. The standard InChI is InChI=1S/C31H39N3O5S/c1-5-7-21-32-31(36)29(6-2)33(22-25-14-12-11-13-24(25)3)30(35)23-34(26-17-19-27(39-4)20-18-26)40(37,38)28-15-9-8-10-16-28/h8-20,29H,5-7,21-23H2,1-4H3,(H,32,36)/t29-/m1/s1. The average Bonchev–Trinajstić information content (AvgIpc) is 2.97. The van der Waals surface area contributed by atoms with Gasteiger partial charge in [0.1, 0.15) is 18.3 Å². The number of benzene rings is 3.